The highest BCUT2D eigenvalue weighted by molar-refractivity contribution is 9.10. The van der Waals surface area contributed by atoms with Crippen LogP contribution in [0.2, 0.25) is 0 Å². The number of rotatable bonds is 4. The lowest BCUT2D eigenvalue weighted by atomic mass is 10.1. The Bertz CT molecular complexity index is 605. The molecule has 0 spiro atoms. The summed E-state index contributed by atoms with van der Waals surface area (Å²) in [5.74, 6) is -1.32. The molecule has 0 saturated heterocycles. The van der Waals surface area contributed by atoms with Gasteiger partial charge in [0.2, 0.25) is 0 Å². The van der Waals surface area contributed by atoms with Crippen LogP contribution in [-0.2, 0) is 0 Å². The molecule has 0 amide bonds. The smallest absolute Gasteiger partial charge is 0.146 e. The zero-order valence-corrected chi connectivity index (χ0v) is 14.1. The van der Waals surface area contributed by atoms with Gasteiger partial charge in [0.25, 0.3) is 0 Å². The van der Waals surface area contributed by atoms with Gasteiger partial charge < -0.3 is 5.11 Å². The minimum atomic E-state index is -1.21. The van der Waals surface area contributed by atoms with Gasteiger partial charge in [-0.1, -0.05) is 15.9 Å². The molecule has 0 radical (unpaired) electrons. The van der Waals surface area contributed by atoms with Crippen molar-refractivity contribution in [2.75, 3.05) is 5.75 Å². The summed E-state index contributed by atoms with van der Waals surface area (Å²) in [7, 11) is 0. The van der Waals surface area contributed by atoms with Crippen LogP contribution < -0.4 is 0 Å². The molecule has 0 heterocycles. The van der Waals surface area contributed by atoms with E-state index in [1.165, 1.54) is 17.8 Å². The molecule has 0 aliphatic rings. The number of hydrogen-bond acceptors (Lipinski definition) is 2. The molecule has 1 nitrogen and oxygen atoms in total. The molecule has 2 aromatic rings. The monoisotopic (exact) mass is 422 g/mol. The lowest BCUT2D eigenvalue weighted by molar-refractivity contribution is 0.193. The van der Waals surface area contributed by atoms with Crippen LogP contribution in [0, 0.1) is 11.6 Å². The molecule has 0 aliphatic heterocycles. The first-order valence-corrected chi connectivity index (χ1v) is 8.26. The quantitative estimate of drug-likeness (QED) is 0.530. The summed E-state index contributed by atoms with van der Waals surface area (Å²) in [5.41, 5.74) is -0.302. The molecule has 2 rings (SSSR count). The van der Waals surface area contributed by atoms with Gasteiger partial charge in [0, 0.05) is 15.1 Å². The predicted octanol–water partition coefficient (Wildman–Crippen LogP) is 5.32. The first-order chi connectivity index (χ1) is 9.49. The fraction of sp³-hybridized carbons (Fsp3) is 0.143. The van der Waals surface area contributed by atoms with Crippen LogP contribution in [0.5, 0.6) is 0 Å². The van der Waals surface area contributed by atoms with Crippen molar-refractivity contribution in [1.82, 2.24) is 0 Å². The maximum atomic E-state index is 13.8. The van der Waals surface area contributed by atoms with Crippen LogP contribution >= 0.6 is 43.6 Å². The van der Waals surface area contributed by atoms with E-state index < -0.39 is 17.7 Å². The largest absolute Gasteiger partial charge is 0.387 e. The standard InChI is InChI=1S/C14H10Br2F2OS/c15-8-1-3-9(4-2-8)20-7-12(19)13-11(17)6-5-10(16)14(13)18/h1-6,12,19H,7H2. The highest BCUT2D eigenvalue weighted by Gasteiger charge is 2.20. The number of aliphatic hydroxyl groups excluding tert-OH is 1. The molecule has 0 saturated carbocycles. The Kier molecular flexibility index (Phi) is 5.60. The van der Waals surface area contributed by atoms with E-state index in [0.717, 1.165) is 15.4 Å². The Morgan fingerprint density at radius 1 is 1.05 bits per heavy atom. The van der Waals surface area contributed by atoms with Crippen molar-refractivity contribution in [2.24, 2.45) is 0 Å². The van der Waals surface area contributed by atoms with Gasteiger partial charge in [-0.05, 0) is 52.3 Å². The van der Waals surface area contributed by atoms with Crippen LogP contribution in [0.3, 0.4) is 0 Å². The molecule has 1 unspecified atom stereocenters. The third-order valence-corrected chi connectivity index (χ3v) is 4.86. The topological polar surface area (TPSA) is 20.2 Å². The van der Waals surface area contributed by atoms with E-state index in [9.17, 15) is 13.9 Å². The zero-order valence-electron chi connectivity index (χ0n) is 10.1. The van der Waals surface area contributed by atoms with E-state index in [0.29, 0.717) is 0 Å². The van der Waals surface area contributed by atoms with Crippen LogP contribution in [0.4, 0.5) is 8.78 Å². The second-order valence-electron chi connectivity index (χ2n) is 4.04. The van der Waals surface area contributed by atoms with E-state index in [1.807, 2.05) is 24.3 Å². The number of benzene rings is 2. The van der Waals surface area contributed by atoms with Gasteiger partial charge in [0.15, 0.2) is 0 Å². The van der Waals surface area contributed by atoms with Crippen molar-refractivity contribution < 1.29 is 13.9 Å². The summed E-state index contributed by atoms with van der Waals surface area (Å²) in [6.45, 7) is 0. The third kappa shape index (κ3) is 3.81. The number of aliphatic hydroxyl groups is 1. The Morgan fingerprint density at radius 2 is 1.70 bits per heavy atom. The summed E-state index contributed by atoms with van der Waals surface area (Å²) < 4.78 is 28.5. The van der Waals surface area contributed by atoms with E-state index in [4.69, 9.17) is 0 Å². The van der Waals surface area contributed by atoms with Gasteiger partial charge in [-0.3, -0.25) is 0 Å². The molecule has 0 aliphatic carbocycles. The molecular weight excluding hydrogens is 414 g/mol. The van der Waals surface area contributed by atoms with E-state index >= 15 is 0 Å². The minimum Gasteiger partial charge on any atom is -0.387 e. The van der Waals surface area contributed by atoms with Gasteiger partial charge >= 0.3 is 0 Å². The van der Waals surface area contributed by atoms with Crippen LogP contribution in [0.15, 0.2) is 50.2 Å². The molecule has 106 valence electrons. The molecule has 0 fully saturated rings. The normalized spacial score (nSPS) is 12.4. The summed E-state index contributed by atoms with van der Waals surface area (Å²) in [4.78, 5) is 0.920. The summed E-state index contributed by atoms with van der Waals surface area (Å²) in [6, 6.07) is 9.90. The summed E-state index contributed by atoms with van der Waals surface area (Å²) in [6.07, 6.45) is -1.21. The zero-order chi connectivity index (χ0) is 14.7. The molecule has 6 heteroatoms. The Morgan fingerprint density at radius 3 is 2.35 bits per heavy atom. The van der Waals surface area contributed by atoms with Crippen molar-refractivity contribution in [3.63, 3.8) is 0 Å². The predicted molar refractivity (Wildman–Crippen MR) is 83.9 cm³/mol. The lowest BCUT2D eigenvalue weighted by Gasteiger charge is -2.13. The van der Waals surface area contributed by atoms with Crippen molar-refractivity contribution in [3.8, 4) is 0 Å². The highest BCUT2D eigenvalue weighted by Crippen LogP contribution is 2.31. The van der Waals surface area contributed by atoms with Crippen LogP contribution in [-0.4, -0.2) is 10.9 Å². The van der Waals surface area contributed by atoms with Gasteiger partial charge in [-0.15, -0.1) is 11.8 Å². The van der Waals surface area contributed by atoms with E-state index in [2.05, 4.69) is 31.9 Å². The van der Waals surface area contributed by atoms with Gasteiger partial charge in [0.05, 0.1) is 16.1 Å². The average Bonchev–Trinajstić information content (AvgIpc) is 2.43. The highest BCUT2D eigenvalue weighted by atomic mass is 79.9. The van der Waals surface area contributed by atoms with E-state index in [1.54, 1.807) is 0 Å². The Balaban J connectivity index is 2.11. The fourth-order valence-electron chi connectivity index (χ4n) is 1.64. The second-order valence-corrected chi connectivity index (χ2v) is 6.90. The van der Waals surface area contributed by atoms with Gasteiger partial charge in [0.1, 0.15) is 11.6 Å². The Labute approximate surface area is 136 Å². The van der Waals surface area contributed by atoms with Crippen molar-refractivity contribution in [2.45, 2.75) is 11.0 Å². The van der Waals surface area contributed by atoms with Crippen molar-refractivity contribution in [3.05, 3.63) is 62.5 Å². The SMILES string of the molecule is OC(CSc1ccc(Br)cc1)c1c(F)ccc(Br)c1F. The molecule has 0 bridgehead atoms. The Hall–Kier alpha value is -0.430. The van der Waals surface area contributed by atoms with Crippen LogP contribution in [0.1, 0.15) is 11.7 Å². The second kappa shape index (κ2) is 7.02. The van der Waals surface area contributed by atoms with E-state index in [-0.39, 0.29) is 15.8 Å². The molecule has 1 atom stereocenters. The molecular formula is C14H10Br2F2OS. The number of hydrogen-bond donors (Lipinski definition) is 1. The number of halogens is 4. The third-order valence-electron chi connectivity index (χ3n) is 2.63. The minimum absolute atomic E-state index is 0.140. The first-order valence-electron chi connectivity index (χ1n) is 5.69. The van der Waals surface area contributed by atoms with Crippen molar-refractivity contribution >= 4 is 43.6 Å². The van der Waals surface area contributed by atoms with Crippen molar-refractivity contribution in [1.29, 1.82) is 0 Å². The average molecular weight is 424 g/mol. The molecule has 20 heavy (non-hydrogen) atoms. The maximum absolute atomic E-state index is 13.8. The molecule has 0 aromatic heterocycles. The maximum Gasteiger partial charge on any atom is 0.146 e. The summed E-state index contributed by atoms with van der Waals surface area (Å²) >= 11 is 7.65. The molecule has 1 N–H and O–H groups in total. The first kappa shape index (κ1) is 15.9. The molecule has 2 aromatic carbocycles. The lowest BCUT2D eigenvalue weighted by Crippen LogP contribution is -2.07. The van der Waals surface area contributed by atoms with Crippen LogP contribution in [0.25, 0.3) is 0 Å². The summed E-state index contributed by atoms with van der Waals surface area (Å²) in [5, 5.41) is 9.99. The van der Waals surface area contributed by atoms with Gasteiger partial charge in [-0.2, -0.15) is 0 Å². The fourth-order valence-corrected chi connectivity index (χ4v) is 3.09. The number of thioether (sulfide) groups is 1. The van der Waals surface area contributed by atoms with Gasteiger partial charge in [-0.25, -0.2) is 8.78 Å².